The molecule has 2 fully saturated rings. The van der Waals surface area contributed by atoms with Gasteiger partial charge < -0.3 is 10.6 Å². The molecule has 0 amide bonds. The largest absolute Gasteiger partial charge is 0.370 e. The third-order valence-corrected chi connectivity index (χ3v) is 3.92. The maximum atomic E-state index is 6.14. The van der Waals surface area contributed by atoms with E-state index in [4.69, 9.17) is 5.73 Å². The van der Waals surface area contributed by atoms with Crippen LogP contribution in [-0.4, -0.2) is 53.5 Å². The predicted molar refractivity (Wildman–Crippen MR) is 72.1 cm³/mol. The molecule has 0 aliphatic carbocycles. The molecule has 2 rings (SSSR count). The minimum Gasteiger partial charge on any atom is -0.370 e. The number of nitrogens with two attached hydrogens (primary N) is 1. The first-order chi connectivity index (χ1) is 7.87. The van der Waals surface area contributed by atoms with Gasteiger partial charge in [-0.15, -0.1) is 0 Å². The predicted octanol–water partition coefficient (Wildman–Crippen LogP) is 1.27. The number of likely N-dealkylation sites (tertiary alicyclic amines) is 1. The lowest BCUT2D eigenvalue weighted by molar-refractivity contribution is 0.245. The molecule has 4 heteroatoms. The number of hydrogen-bond acceptors (Lipinski definition) is 2. The molecule has 2 aliphatic heterocycles. The number of hydrogen-bond donors (Lipinski definition) is 1. The molecule has 0 aromatic heterocycles. The Hall–Kier alpha value is -0.770. The van der Waals surface area contributed by atoms with Gasteiger partial charge in [-0.25, -0.2) is 4.99 Å². The second-order valence-electron chi connectivity index (χ2n) is 6.43. The van der Waals surface area contributed by atoms with Crippen molar-refractivity contribution in [2.24, 2.45) is 10.7 Å². The van der Waals surface area contributed by atoms with Gasteiger partial charge in [0.05, 0.1) is 5.54 Å². The van der Waals surface area contributed by atoms with Gasteiger partial charge in [0.1, 0.15) is 0 Å². The molecular weight excluding hydrogens is 212 g/mol. The number of nitrogens with zero attached hydrogens (tertiary/aromatic N) is 3. The Morgan fingerprint density at radius 1 is 1.18 bits per heavy atom. The minimum atomic E-state index is -0.0820. The van der Waals surface area contributed by atoms with Crippen LogP contribution in [0.5, 0.6) is 0 Å². The van der Waals surface area contributed by atoms with Gasteiger partial charge >= 0.3 is 0 Å². The second-order valence-corrected chi connectivity index (χ2v) is 6.43. The fourth-order valence-corrected chi connectivity index (χ4v) is 2.93. The molecule has 2 aliphatic rings. The van der Waals surface area contributed by atoms with Crippen LogP contribution in [-0.2, 0) is 0 Å². The molecular formula is C13H26N4. The zero-order chi connectivity index (χ0) is 12.6. The molecule has 0 radical (unpaired) electrons. The third-order valence-electron chi connectivity index (χ3n) is 3.92. The lowest BCUT2D eigenvalue weighted by Gasteiger charge is -2.28. The Morgan fingerprint density at radius 2 is 1.82 bits per heavy atom. The van der Waals surface area contributed by atoms with Gasteiger partial charge in [0, 0.05) is 25.2 Å². The van der Waals surface area contributed by atoms with E-state index in [1.807, 2.05) is 0 Å². The SMILES string of the molecule is CN1C2CCC1CN(C(N)=NC(C)(C)C)CC2. The fraction of sp³-hybridized carbons (Fsp3) is 0.923. The molecule has 17 heavy (non-hydrogen) atoms. The van der Waals surface area contributed by atoms with E-state index in [0.717, 1.165) is 25.1 Å². The van der Waals surface area contributed by atoms with Crippen LogP contribution in [0.4, 0.5) is 0 Å². The average Bonchev–Trinajstić information content (AvgIpc) is 2.37. The van der Waals surface area contributed by atoms with Crippen molar-refractivity contribution in [1.29, 1.82) is 0 Å². The molecule has 2 atom stereocenters. The van der Waals surface area contributed by atoms with Crippen LogP contribution in [0.3, 0.4) is 0 Å². The number of rotatable bonds is 0. The van der Waals surface area contributed by atoms with Crippen molar-refractivity contribution in [1.82, 2.24) is 9.80 Å². The topological polar surface area (TPSA) is 44.9 Å². The van der Waals surface area contributed by atoms with Crippen LogP contribution < -0.4 is 5.73 Å². The standard InChI is InChI=1S/C13H26N4/c1-13(2,3)15-12(14)17-8-7-10-5-6-11(9-17)16(10)4/h10-11H,5-9H2,1-4H3,(H2,14,15). The quantitative estimate of drug-likeness (QED) is 0.510. The van der Waals surface area contributed by atoms with Gasteiger partial charge in [0.25, 0.3) is 0 Å². The normalized spacial score (nSPS) is 31.8. The summed E-state index contributed by atoms with van der Waals surface area (Å²) >= 11 is 0. The summed E-state index contributed by atoms with van der Waals surface area (Å²) in [7, 11) is 2.25. The molecule has 0 aromatic carbocycles. The zero-order valence-electron chi connectivity index (χ0n) is 11.6. The molecule has 2 unspecified atom stereocenters. The van der Waals surface area contributed by atoms with Crippen molar-refractivity contribution in [2.75, 3.05) is 20.1 Å². The van der Waals surface area contributed by atoms with Crippen LogP contribution in [0.25, 0.3) is 0 Å². The lowest BCUT2D eigenvalue weighted by Crippen LogP contribution is -2.44. The average molecular weight is 238 g/mol. The van der Waals surface area contributed by atoms with E-state index < -0.39 is 0 Å². The van der Waals surface area contributed by atoms with Crippen molar-refractivity contribution >= 4 is 5.96 Å². The van der Waals surface area contributed by atoms with Gasteiger partial charge in [0.2, 0.25) is 0 Å². The molecule has 2 bridgehead atoms. The van der Waals surface area contributed by atoms with Crippen molar-refractivity contribution in [3.8, 4) is 0 Å². The maximum Gasteiger partial charge on any atom is 0.191 e. The van der Waals surface area contributed by atoms with Crippen molar-refractivity contribution in [3.63, 3.8) is 0 Å². The van der Waals surface area contributed by atoms with E-state index in [0.29, 0.717) is 6.04 Å². The summed E-state index contributed by atoms with van der Waals surface area (Å²) < 4.78 is 0. The number of aliphatic imine (C=N–C) groups is 1. The van der Waals surface area contributed by atoms with Crippen molar-refractivity contribution < 1.29 is 0 Å². The Kier molecular flexibility index (Phi) is 3.34. The lowest BCUT2D eigenvalue weighted by atomic mass is 10.1. The molecule has 0 spiro atoms. The number of likely N-dealkylation sites (N-methyl/N-ethyl adjacent to an activating group) is 1. The molecule has 2 heterocycles. The minimum absolute atomic E-state index is 0.0820. The first kappa shape index (κ1) is 12.7. The summed E-state index contributed by atoms with van der Waals surface area (Å²) in [6, 6.07) is 1.42. The molecule has 2 saturated heterocycles. The maximum absolute atomic E-state index is 6.14. The molecule has 0 saturated carbocycles. The van der Waals surface area contributed by atoms with E-state index in [1.54, 1.807) is 0 Å². The number of fused-ring (bicyclic) bond motifs is 2. The Balaban J connectivity index is 2.06. The number of guanidine groups is 1. The highest BCUT2D eigenvalue weighted by molar-refractivity contribution is 5.78. The summed E-state index contributed by atoms with van der Waals surface area (Å²) in [5.74, 6) is 0.721. The highest BCUT2D eigenvalue weighted by Crippen LogP contribution is 2.28. The van der Waals surface area contributed by atoms with E-state index in [1.165, 1.54) is 19.3 Å². The van der Waals surface area contributed by atoms with E-state index in [-0.39, 0.29) is 5.54 Å². The smallest absolute Gasteiger partial charge is 0.191 e. The second kappa shape index (κ2) is 4.48. The third kappa shape index (κ3) is 2.92. The Labute approximate surface area is 105 Å². The van der Waals surface area contributed by atoms with Gasteiger partial charge in [-0.2, -0.15) is 0 Å². The van der Waals surface area contributed by atoms with Crippen LogP contribution in [0.2, 0.25) is 0 Å². The summed E-state index contributed by atoms with van der Waals surface area (Å²) in [4.78, 5) is 9.39. The van der Waals surface area contributed by atoms with Crippen LogP contribution >= 0.6 is 0 Å². The van der Waals surface area contributed by atoms with Gasteiger partial charge in [-0.1, -0.05) is 0 Å². The van der Waals surface area contributed by atoms with E-state index >= 15 is 0 Å². The monoisotopic (exact) mass is 238 g/mol. The molecule has 98 valence electrons. The van der Waals surface area contributed by atoms with Crippen LogP contribution in [0, 0.1) is 0 Å². The molecule has 4 nitrogen and oxygen atoms in total. The van der Waals surface area contributed by atoms with Crippen LogP contribution in [0.1, 0.15) is 40.0 Å². The van der Waals surface area contributed by atoms with Gasteiger partial charge in [-0.3, -0.25) is 4.90 Å². The Bertz CT molecular complexity index is 305. The highest BCUT2D eigenvalue weighted by atomic mass is 15.3. The first-order valence-corrected chi connectivity index (χ1v) is 6.69. The Morgan fingerprint density at radius 3 is 2.47 bits per heavy atom. The summed E-state index contributed by atoms with van der Waals surface area (Å²) in [6.45, 7) is 8.37. The molecule has 0 aromatic rings. The van der Waals surface area contributed by atoms with Crippen molar-refractivity contribution in [3.05, 3.63) is 0 Å². The van der Waals surface area contributed by atoms with E-state index in [2.05, 4.69) is 42.6 Å². The summed E-state index contributed by atoms with van der Waals surface area (Å²) in [5, 5.41) is 0. The van der Waals surface area contributed by atoms with Crippen LogP contribution in [0.15, 0.2) is 4.99 Å². The summed E-state index contributed by atoms with van der Waals surface area (Å²) in [6.07, 6.45) is 3.87. The molecule has 2 N–H and O–H groups in total. The van der Waals surface area contributed by atoms with E-state index in [9.17, 15) is 0 Å². The summed E-state index contributed by atoms with van der Waals surface area (Å²) in [5.41, 5.74) is 6.06. The highest BCUT2D eigenvalue weighted by Gasteiger charge is 2.35. The van der Waals surface area contributed by atoms with Crippen molar-refractivity contribution in [2.45, 2.75) is 57.7 Å². The van der Waals surface area contributed by atoms with Gasteiger partial charge in [-0.05, 0) is 47.1 Å². The van der Waals surface area contributed by atoms with Gasteiger partial charge in [0.15, 0.2) is 5.96 Å². The zero-order valence-corrected chi connectivity index (χ0v) is 11.6. The first-order valence-electron chi connectivity index (χ1n) is 6.69. The fourth-order valence-electron chi connectivity index (χ4n) is 2.93.